The highest BCUT2D eigenvalue weighted by atomic mass is 16.5. The lowest BCUT2D eigenvalue weighted by Crippen LogP contribution is -2.19. The fourth-order valence-electron chi connectivity index (χ4n) is 3.95. The maximum atomic E-state index is 13.2. The molecular formula is C26H23N5O2. The smallest absolute Gasteiger partial charge is 0.268 e. The van der Waals surface area contributed by atoms with Crippen LogP contribution in [-0.4, -0.2) is 19.7 Å². The lowest BCUT2D eigenvalue weighted by molar-refractivity contribution is 0.433. The van der Waals surface area contributed by atoms with Crippen LogP contribution < -0.4 is 10.9 Å². The molecule has 0 atom stereocenters. The third-order valence-corrected chi connectivity index (χ3v) is 5.72. The third kappa shape index (κ3) is 3.89. The number of aryl methyl sites for hydroxylation is 4. The Morgan fingerprint density at radius 1 is 0.970 bits per heavy atom. The average molecular weight is 438 g/mol. The van der Waals surface area contributed by atoms with Crippen LogP contribution in [-0.2, 0) is 7.05 Å². The van der Waals surface area contributed by atoms with Crippen LogP contribution in [0.3, 0.4) is 0 Å². The number of nitrogens with zero attached hydrogens (tertiary/aromatic N) is 4. The van der Waals surface area contributed by atoms with Gasteiger partial charge in [-0.05, 0) is 73.5 Å². The highest BCUT2D eigenvalue weighted by Crippen LogP contribution is 2.28. The van der Waals surface area contributed by atoms with Gasteiger partial charge in [-0.3, -0.25) is 9.78 Å². The fourth-order valence-corrected chi connectivity index (χ4v) is 3.95. The molecule has 7 heteroatoms. The third-order valence-electron chi connectivity index (χ3n) is 5.72. The molecular weight excluding hydrogens is 414 g/mol. The summed E-state index contributed by atoms with van der Waals surface area (Å²) in [5, 5.41) is 8.15. The summed E-state index contributed by atoms with van der Waals surface area (Å²) in [4.78, 5) is 22.0. The van der Waals surface area contributed by atoms with E-state index in [1.54, 1.807) is 17.8 Å². The molecule has 0 spiro atoms. The normalized spacial score (nSPS) is 11.2. The summed E-state index contributed by atoms with van der Waals surface area (Å²) in [5.74, 6) is 0.798. The Balaban J connectivity index is 1.52. The number of benzene rings is 2. The van der Waals surface area contributed by atoms with Gasteiger partial charge in [0.1, 0.15) is 0 Å². The molecule has 0 amide bonds. The molecule has 7 nitrogen and oxygen atoms in total. The van der Waals surface area contributed by atoms with Crippen molar-refractivity contribution in [1.29, 1.82) is 0 Å². The molecule has 0 saturated heterocycles. The van der Waals surface area contributed by atoms with E-state index in [2.05, 4.69) is 20.4 Å². The summed E-state index contributed by atoms with van der Waals surface area (Å²) in [6.07, 6.45) is 1.80. The molecule has 5 rings (SSSR count). The zero-order valence-electron chi connectivity index (χ0n) is 18.9. The predicted molar refractivity (Wildman–Crippen MR) is 130 cm³/mol. The molecule has 3 heterocycles. The molecule has 0 radical (unpaired) electrons. The Morgan fingerprint density at radius 2 is 1.82 bits per heavy atom. The van der Waals surface area contributed by atoms with Gasteiger partial charge in [-0.2, -0.15) is 4.98 Å². The Kier molecular flexibility index (Phi) is 5.01. The van der Waals surface area contributed by atoms with Crippen LogP contribution in [0, 0.1) is 20.8 Å². The Bertz CT molecular complexity index is 1570. The van der Waals surface area contributed by atoms with Gasteiger partial charge in [-0.25, -0.2) is 0 Å². The van der Waals surface area contributed by atoms with Gasteiger partial charge >= 0.3 is 0 Å². The maximum Gasteiger partial charge on any atom is 0.268 e. The SMILES string of the molecule is Cc1cccc(-c2nc(Nc3ccc(C)c(-c4cc5cnc(C)cc5n(C)c4=O)c3)no2)c1. The lowest BCUT2D eigenvalue weighted by Gasteiger charge is -2.12. The van der Waals surface area contributed by atoms with Gasteiger partial charge in [-0.15, -0.1) is 0 Å². The zero-order valence-corrected chi connectivity index (χ0v) is 18.9. The summed E-state index contributed by atoms with van der Waals surface area (Å²) in [5.41, 5.74) is 6.86. The van der Waals surface area contributed by atoms with Crippen molar-refractivity contribution < 1.29 is 4.52 Å². The first-order chi connectivity index (χ1) is 15.9. The van der Waals surface area contributed by atoms with Crippen molar-refractivity contribution >= 4 is 22.5 Å². The molecule has 0 saturated carbocycles. The van der Waals surface area contributed by atoms with Crippen LogP contribution in [0.5, 0.6) is 0 Å². The summed E-state index contributed by atoms with van der Waals surface area (Å²) in [6.45, 7) is 5.92. The van der Waals surface area contributed by atoms with E-state index in [-0.39, 0.29) is 5.56 Å². The van der Waals surface area contributed by atoms with E-state index < -0.39 is 0 Å². The predicted octanol–water partition coefficient (Wildman–Crippen LogP) is 5.32. The van der Waals surface area contributed by atoms with Crippen molar-refractivity contribution in [2.24, 2.45) is 7.05 Å². The van der Waals surface area contributed by atoms with Crippen molar-refractivity contribution in [3.63, 3.8) is 0 Å². The average Bonchev–Trinajstić information content (AvgIpc) is 3.27. The van der Waals surface area contributed by atoms with E-state index in [0.717, 1.165) is 44.5 Å². The Morgan fingerprint density at radius 3 is 2.64 bits per heavy atom. The summed E-state index contributed by atoms with van der Waals surface area (Å²) in [7, 11) is 1.79. The van der Waals surface area contributed by atoms with Crippen LogP contribution in [0.25, 0.3) is 33.5 Å². The number of hydrogen-bond donors (Lipinski definition) is 1. The zero-order chi connectivity index (χ0) is 23.1. The Hall–Kier alpha value is -4.26. The van der Waals surface area contributed by atoms with E-state index in [1.165, 1.54) is 0 Å². The maximum absolute atomic E-state index is 13.2. The van der Waals surface area contributed by atoms with E-state index in [1.807, 2.05) is 75.4 Å². The molecule has 0 fully saturated rings. The fraction of sp³-hybridized carbons (Fsp3) is 0.154. The second kappa shape index (κ2) is 8.02. The number of nitrogens with one attached hydrogen (secondary N) is 1. The van der Waals surface area contributed by atoms with Gasteiger partial charge in [0.25, 0.3) is 17.4 Å². The van der Waals surface area contributed by atoms with Gasteiger partial charge < -0.3 is 14.4 Å². The molecule has 33 heavy (non-hydrogen) atoms. The van der Waals surface area contributed by atoms with E-state index in [0.29, 0.717) is 17.4 Å². The molecule has 1 N–H and O–H groups in total. The highest BCUT2D eigenvalue weighted by molar-refractivity contribution is 5.85. The molecule has 0 bridgehead atoms. The largest absolute Gasteiger partial charge is 0.332 e. The lowest BCUT2D eigenvalue weighted by atomic mass is 9.99. The minimum absolute atomic E-state index is 0.0605. The molecule has 0 aliphatic carbocycles. The number of aromatic nitrogens is 4. The number of fused-ring (bicyclic) bond motifs is 1. The number of rotatable bonds is 4. The van der Waals surface area contributed by atoms with Crippen LogP contribution in [0.15, 0.2) is 70.1 Å². The van der Waals surface area contributed by atoms with Crippen LogP contribution in [0.2, 0.25) is 0 Å². The molecule has 3 aromatic heterocycles. The van der Waals surface area contributed by atoms with Crippen molar-refractivity contribution in [3.8, 4) is 22.6 Å². The first kappa shape index (κ1) is 20.6. The summed E-state index contributed by atoms with van der Waals surface area (Å²) in [6, 6.07) is 17.5. The van der Waals surface area contributed by atoms with Crippen LogP contribution >= 0.6 is 0 Å². The van der Waals surface area contributed by atoms with Gasteiger partial charge in [0.05, 0.1) is 5.52 Å². The van der Waals surface area contributed by atoms with Crippen LogP contribution in [0.4, 0.5) is 11.6 Å². The molecule has 0 aliphatic heterocycles. The van der Waals surface area contributed by atoms with Gasteiger partial charge in [-0.1, -0.05) is 23.8 Å². The second-order valence-electron chi connectivity index (χ2n) is 8.25. The van der Waals surface area contributed by atoms with Crippen molar-refractivity contribution in [2.75, 3.05) is 5.32 Å². The van der Waals surface area contributed by atoms with Gasteiger partial charge in [0, 0.05) is 41.1 Å². The van der Waals surface area contributed by atoms with E-state index >= 15 is 0 Å². The van der Waals surface area contributed by atoms with Crippen molar-refractivity contribution in [3.05, 3.63) is 88.0 Å². The first-order valence-electron chi connectivity index (χ1n) is 10.6. The number of pyridine rings is 2. The summed E-state index contributed by atoms with van der Waals surface area (Å²) < 4.78 is 7.10. The number of anilines is 2. The minimum atomic E-state index is -0.0605. The summed E-state index contributed by atoms with van der Waals surface area (Å²) >= 11 is 0. The quantitative estimate of drug-likeness (QED) is 0.410. The monoisotopic (exact) mass is 437 g/mol. The second-order valence-corrected chi connectivity index (χ2v) is 8.25. The van der Waals surface area contributed by atoms with Gasteiger partial charge in [0.15, 0.2) is 0 Å². The van der Waals surface area contributed by atoms with Crippen molar-refractivity contribution in [2.45, 2.75) is 20.8 Å². The Labute approximate surface area is 190 Å². The van der Waals surface area contributed by atoms with E-state index in [4.69, 9.17) is 4.52 Å². The topological polar surface area (TPSA) is 85.8 Å². The molecule has 164 valence electrons. The van der Waals surface area contributed by atoms with Crippen LogP contribution in [0.1, 0.15) is 16.8 Å². The van der Waals surface area contributed by atoms with Gasteiger partial charge in [0.2, 0.25) is 0 Å². The highest BCUT2D eigenvalue weighted by Gasteiger charge is 2.14. The van der Waals surface area contributed by atoms with Crippen molar-refractivity contribution in [1.82, 2.24) is 19.7 Å². The molecule has 2 aromatic carbocycles. The first-order valence-corrected chi connectivity index (χ1v) is 10.6. The molecule has 0 unspecified atom stereocenters. The standard InChI is InChI=1S/C26H23N5O2/c1-15-6-5-7-18(10-15)24-29-26(30-33-24)28-20-9-8-16(2)21(13-20)22-12-19-14-27-17(3)11-23(19)31(4)25(22)32/h5-14H,1-4H3,(H,28,30). The minimum Gasteiger partial charge on any atom is -0.332 e. The molecule has 5 aromatic rings. The van der Waals surface area contributed by atoms with E-state index in [9.17, 15) is 4.79 Å². The number of hydrogen-bond acceptors (Lipinski definition) is 6. The molecule has 0 aliphatic rings.